The van der Waals surface area contributed by atoms with Gasteiger partial charge in [-0.2, -0.15) is 0 Å². The molecule has 4 nitrogen and oxygen atoms in total. The second-order valence-corrected chi connectivity index (χ2v) is 3.56. The summed E-state index contributed by atoms with van der Waals surface area (Å²) in [6.45, 7) is 0. The van der Waals surface area contributed by atoms with Gasteiger partial charge in [0.2, 0.25) is 0 Å². The Morgan fingerprint density at radius 1 is 1.36 bits per heavy atom. The number of rotatable bonds is 2. The molecule has 2 rings (SSSR count). The Morgan fingerprint density at radius 3 is 2.86 bits per heavy atom. The molecule has 0 atom stereocenters. The van der Waals surface area contributed by atoms with Gasteiger partial charge in [-0.15, -0.1) is 11.3 Å². The third kappa shape index (κ3) is 1.38. The minimum Gasteiger partial charge on any atom is -0.475 e. The number of fused-ring (bicyclic) bond motifs is 1. The summed E-state index contributed by atoms with van der Waals surface area (Å²) in [5.41, 5.74) is 2.62. The van der Waals surface area contributed by atoms with Crippen LogP contribution in [0.2, 0.25) is 0 Å². The topological polar surface area (TPSA) is 67.3 Å². The molecule has 14 heavy (non-hydrogen) atoms. The first-order valence-corrected chi connectivity index (χ1v) is 4.67. The van der Waals surface area contributed by atoms with Crippen molar-refractivity contribution in [3.63, 3.8) is 0 Å². The molecule has 0 bridgehead atoms. The van der Waals surface area contributed by atoms with Crippen LogP contribution in [0.1, 0.15) is 10.4 Å². The van der Waals surface area contributed by atoms with Gasteiger partial charge in [-0.3, -0.25) is 4.79 Å². The number of hydrogen-bond acceptors (Lipinski definition) is 4. The summed E-state index contributed by atoms with van der Waals surface area (Å²) in [4.78, 5) is 25.5. The third-order valence-electron chi connectivity index (χ3n) is 1.79. The van der Waals surface area contributed by atoms with Gasteiger partial charge in [0.25, 0.3) is 5.78 Å². The fourth-order valence-electron chi connectivity index (χ4n) is 1.12. The molecule has 1 N–H and O–H groups in total. The molecule has 0 saturated heterocycles. The first-order chi connectivity index (χ1) is 6.68. The Hall–Kier alpha value is -1.75. The fourth-order valence-corrected chi connectivity index (χ4v) is 1.84. The van der Waals surface area contributed by atoms with Crippen molar-refractivity contribution in [1.29, 1.82) is 0 Å². The Kier molecular flexibility index (Phi) is 2.01. The minimum absolute atomic E-state index is 0.189. The maximum atomic E-state index is 11.1. The molecule has 1 aromatic carbocycles. The smallest absolute Gasteiger partial charge is 0.377 e. The van der Waals surface area contributed by atoms with Crippen molar-refractivity contribution in [3.05, 3.63) is 29.3 Å². The molecule has 0 saturated carbocycles. The van der Waals surface area contributed by atoms with Crippen LogP contribution in [0.4, 0.5) is 0 Å². The number of carbonyl (C=O) groups excluding carboxylic acids is 1. The number of aromatic nitrogens is 1. The van der Waals surface area contributed by atoms with E-state index in [1.165, 1.54) is 17.4 Å². The maximum absolute atomic E-state index is 11.1. The van der Waals surface area contributed by atoms with Crippen LogP contribution in [0.15, 0.2) is 23.7 Å². The van der Waals surface area contributed by atoms with E-state index in [0.29, 0.717) is 0 Å². The lowest BCUT2D eigenvalue weighted by atomic mass is 10.1. The van der Waals surface area contributed by atoms with Gasteiger partial charge in [0.05, 0.1) is 15.7 Å². The van der Waals surface area contributed by atoms with Gasteiger partial charge in [0.1, 0.15) is 0 Å². The zero-order valence-electron chi connectivity index (χ0n) is 6.93. The molecule has 5 heteroatoms. The van der Waals surface area contributed by atoms with E-state index in [4.69, 9.17) is 5.11 Å². The van der Waals surface area contributed by atoms with Gasteiger partial charge in [0, 0.05) is 5.56 Å². The van der Waals surface area contributed by atoms with Crippen LogP contribution in [-0.2, 0) is 4.79 Å². The summed E-state index contributed by atoms with van der Waals surface area (Å²) < 4.78 is 0.817. The molecule has 0 unspecified atom stereocenters. The van der Waals surface area contributed by atoms with Crippen LogP contribution < -0.4 is 0 Å². The lowest BCUT2D eigenvalue weighted by Crippen LogP contribution is -2.12. The maximum Gasteiger partial charge on any atom is 0.377 e. The number of carboxylic acid groups (broad SMARTS) is 1. The van der Waals surface area contributed by atoms with E-state index in [1.807, 2.05) is 0 Å². The average molecular weight is 207 g/mol. The molecule has 70 valence electrons. The van der Waals surface area contributed by atoms with E-state index in [2.05, 4.69) is 4.98 Å². The number of carboxylic acids is 1. The molecule has 1 aromatic heterocycles. The Balaban J connectivity index is 2.54. The van der Waals surface area contributed by atoms with E-state index in [-0.39, 0.29) is 5.56 Å². The summed E-state index contributed by atoms with van der Waals surface area (Å²) in [5, 5.41) is 8.50. The number of aliphatic carboxylic acids is 1. The number of benzene rings is 1. The molecule has 0 spiro atoms. The zero-order chi connectivity index (χ0) is 10.1. The summed E-state index contributed by atoms with van der Waals surface area (Å²) in [6.07, 6.45) is 0. The van der Waals surface area contributed by atoms with E-state index >= 15 is 0 Å². The van der Waals surface area contributed by atoms with Crippen LogP contribution in [0.3, 0.4) is 0 Å². The highest BCUT2D eigenvalue weighted by Gasteiger charge is 2.14. The van der Waals surface area contributed by atoms with Crippen molar-refractivity contribution in [2.45, 2.75) is 0 Å². The monoisotopic (exact) mass is 207 g/mol. The number of nitrogens with zero attached hydrogens (tertiary/aromatic N) is 1. The van der Waals surface area contributed by atoms with Crippen molar-refractivity contribution in [2.75, 3.05) is 0 Å². The molecule has 1 heterocycles. The lowest BCUT2D eigenvalue weighted by Gasteiger charge is -1.94. The number of hydrogen-bond donors (Lipinski definition) is 1. The quantitative estimate of drug-likeness (QED) is 0.599. The van der Waals surface area contributed by atoms with Crippen LogP contribution in [-0.4, -0.2) is 21.8 Å². The minimum atomic E-state index is -1.44. The third-order valence-corrected chi connectivity index (χ3v) is 2.58. The van der Waals surface area contributed by atoms with E-state index in [9.17, 15) is 9.59 Å². The molecular weight excluding hydrogens is 202 g/mol. The first-order valence-electron chi connectivity index (χ1n) is 3.79. The molecule has 2 aromatic rings. The Bertz CT molecular complexity index is 518. The molecule has 0 aliphatic carbocycles. The molecule has 0 aliphatic rings. The molecule has 0 fully saturated rings. The normalized spacial score (nSPS) is 10.3. The average Bonchev–Trinajstić information content (AvgIpc) is 2.62. The fraction of sp³-hybridized carbons (Fsp3) is 0. The van der Waals surface area contributed by atoms with Gasteiger partial charge < -0.3 is 5.11 Å². The standard InChI is InChI=1S/C9H5NO3S/c11-8(9(12)13)5-1-2-6-7(3-5)14-4-10-6/h1-4H,(H,12,13). The number of thiazole rings is 1. The number of Topliss-reactive ketones (excluding diaryl/α,β-unsaturated/α-hetero) is 1. The van der Waals surface area contributed by atoms with Crippen molar-refractivity contribution >= 4 is 33.3 Å². The lowest BCUT2D eigenvalue weighted by molar-refractivity contribution is -0.131. The summed E-state index contributed by atoms with van der Waals surface area (Å²) in [6, 6.07) is 4.66. The Morgan fingerprint density at radius 2 is 2.14 bits per heavy atom. The van der Waals surface area contributed by atoms with Crippen LogP contribution in [0.5, 0.6) is 0 Å². The van der Waals surface area contributed by atoms with E-state index in [0.717, 1.165) is 10.2 Å². The number of ketones is 1. The highest BCUT2D eigenvalue weighted by Crippen LogP contribution is 2.19. The largest absolute Gasteiger partial charge is 0.475 e. The molecule has 0 amide bonds. The van der Waals surface area contributed by atoms with Gasteiger partial charge in [-0.1, -0.05) is 0 Å². The predicted octanol–water partition coefficient (Wildman–Crippen LogP) is 1.56. The van der Waals surface area contributed by atoms with Crippen molar-refractivity contribution in [1.82, 2.24) is 4.98 Å². The second-order valence-electron chi connectivity index (χ2n) is 2.67. The molecule has 0 radical (unpaired) electrons. The van der Waals surface area contributed by atoms with Gasteiger partial charge >= 0.3 is 5.97 Å². The van der Waals surface area contributed by atoms with E-state index in [1.54, 1.807) is 17.6 Å². The SMILES string of the molecule is O=C(O)C(=O)c1ccc2ncsc2c1. The van der Waals surface area contributed by atoms with Crippen molar-refractivity contribution in [2.24, 2.45) is 0 Å². The van der Waals surface area contributed by atoms with Crippen molar-refractivity contribution in [3.8, 4) is 0 Å². The molecule has 0 aliphatic heterocycles. The molecular formula is C9H5NO3S. The zero-order valence-corrected chi connectivity index (χ0v) is 7.75. The Labute approximate surface area is 82.8 Å². The summed E-state index contributed by atoms with van der Waals surface area (Å²) >= 11 is 1.37. The summed E-state index contributed by atoms with van der Waals surface area (Å²) in [7, 11) is 0. The van der Waals surface area contributed by atoms with Crippen LogP contribution >= 0.6 is 11.3 Å². The van der Waals surface area contributed by atoms with Gasteiger partial charge in [-0.05, 0) is 18.2 Å². The predicted molar refractivity (Wildman–Crippen MR) is 51.6 cm³/mol. The van der Waals surface area contributed by atoms with Gasteiger partial charge in [0.15, 0.2) is 0 Å². The summed E-state index contributed by atoms with van der Waals surface area (Å²) in [5.74, 6) is -2.32. The second kappa shape index (κ2) is 3.19. The highest BCUT2D eigenvalue weighted by atomic mass is 32.1. The number of carbonyl (C=O) groups is 2. The van der Waals surface area contributed by atoms with Gasteiger partial charge in [-0.25, -0.2) is 9.78 Å². The first kappa shape index (κ1) is 8.83. The van der Waals surface area contributed by atoms with Crippen LogP contribution in [0.25, 0.3) is 10.2 Å². The highest BCUT2D eigenvalue weighted by molar-refractivity contribution is 7.16. The van der Waals surface area contributed by atoms with Crippen LogP contribution in [0, 0.1) is 0 Å². The van der Waals surface area contributed by atoms with Crippen molar-refractivity contribution < 1.29 is 14.7 Å². The van der Waals surface area contributed by atoms with E-state index < -0.39 is 11.8 Å².